The van der Waals surface area contributed by atoms with Crippen LogP contribution in [0, 0.1) is 12.7 Å². The summed E-state index contributed by atoms with van der Waals surface area (Å²) in [6.07, 6.45) is 1.49. The molecule has 0 radical (unpaired) electrons. The van der Waals surface area contributed by atoms with Crippen molar-refractivity contribution in [2.24, 2.45) is 0 Å². The second-order valence-corrected chi connectivity index (χ2v) is 7.91. The zero-order chi connectivity index (χ0) is 20.4. The second-order valence-electron chi connectivity index (χ2n) is 6.90. The molecule has 1 aliphatic heterocycles. The third-order valence-corrected chi connectivity index (χ3v) is 5.87. The number of benzene rings is 2. The van der Waals surface area contributed by atoms with E-state index >= 15 is 0 Å². The highest BCUT2D eigenvalue weighted by atomic mass is 32.1. The highest BCUT2D eigenvalue weighted by Crippen LogP contribution is 2.35. The van der Waals surface area contributed by atoms with E-state index in [0.29, 0.717) is 23.7 Å². The molecule has 4 rings (SSSR count). The molecule has 1 fully saturated rings. The first-order chi connectivity index (χ1) is 14.0. The van der Waals surface area contributed by atoms with Crippen LogP contribution in [0.25, 0.3) is 0 Å². The van der Waals surface area contributed by atoms with Crippen molar-refractivity contribution in [2.45, 2.75) is 25.8 Å². The summed E-state index contributed by atoms with van der Waals surface area (Å²) in [7, 11) is 0. The van der Waals surface area contributed by atoms with E-state index < -0.39 is 5.82 Å². The van der Waals surface area contributed by atoms with Crippen molar-refractivity contribution in [3.05, 3.63) is 75.5 Å². The fourth-order valence-electron chi connectivity index (χ4n) is 3.34. The predicted octanol–water partition coefficient (Wildman–Crippen LogP) is 4.22. The van der Waals surface area contributed by atoms with Crippen LogP contribution in [0.15, 0.2) is 48.5 Å². The van der Waals surface area contributed by atoms with E-state index in [2.05, 4.69) is 15.5 Å². The van der Waals surface area contributed by atoms with Crippen LogP contribution in [0.4, 0.5) is 10.1 Å². The first kappa shape index (κ1) is 19.2. The Balaban J connectivity index is 1.50. The molecule has 0 aliphatic carbocycles. The zero-order valence-electron chi connectivity index (χ0n) is 15.8. The summed E-state index contributed by atoms with van der Waals surface area (Å²) in [6, 6.07) is 13.1. The number of anilines is 1. The van der Waals surface area contributed by atoms with E-state index in [1.165, 1.54) is 12.1 Å². The van der Waals surface area contributed by atoms with Gasteiger partial charge in [-0.15, -0.1) is 10.2 Å². The Morgan fingerprint density at radius 1 is 1.14 bits per heavy atom. The monoisotopic (exact) mass is 410 g/mol. The van der Waals surface area contributed by atoms with Crippen LogP contribution >= 0.6 is 11.3 Å². The summed E-state index contributed by atoms with van der Waals surface area (Å²) >= 11 is 1.16. The van der Waals surface area contributed by atoms with E-state index in [0.717, 1.165) is 23.3 Å². The lowest BCUT2D eigenvalue weighted by Crippen LogP contribution is -2.31. The van der Waals surface area contributed by atoms with Gasteiger partial charge in [-0.3, -0.25) is 9.59 Å². The molecule has 1 aromatic heterocycles. The molecule has 0 spiro atoms. The van der Waals surface area contributed by atoms with Crippen LogP contribution in [-0.2, 0) is 0 Å². The number of hydrogen-bond donors (Lipinski definition) is 1. The lowest BCUT2D eigenvalue weighted by Gasteiger charge is -2.23. The van der Waals surface area contributed by atoms with Crippen LogP contribution < -0.4 is 5.32 Å². The van der Waals surface area contributed by atoms with E-state index in [1.54, 1.807) is 17.0 Å². The normalized spacial score (nSPS) is 16.1. The maximum absolute atomic E-state index is 14.0. The van der Waals surface area contributed by atoms with Gasteiger partial charge >= 0.3 is 0 Å². The highest BCUT2D eigenvalue weighted by molar-refractivity contribution is 7.13. The van der Waals surface area contributed by atoms with Crippen molar-refractivity contribution in [2.75, 3.05) is 11.9 Å². The molecule has 0 bridgehead atoms. The quantitative estimate of drug-likeness (QED) is 0.699. The number of nitrogens with zero attached hydrogens (tertiary/aromatic N) is 3. The van der Waals surface area contributed by atoms with Gasteiger partial charge in [0.1, 0.15) is 10.8 Å². The van der Waals surface area contributed by atoms with Crippen molar-refractivity contribution in [1.82, 2.24) is 15.1 Å². The summed E-state index contributed by atoms with van der Waals surface area (Å²) in [4.78, 5) is 26.9. The minimum absolute atomic E-state index is 0.0428. The molecule has 29 heavy (non-hydrogen) atoms. The largest absolute Gasteiger partial charge is 0.329 e. The lowest BCUT2D eigenvalue weighted by molar-refractivity contribution is 0.0730. The van der Waals surface area contributed by atoms with Crippen LogP contribution in [0.2, 0.25) is 0 Å². The van der Waals surface area contributed by atoms with Gasteiger partial charge in [-0.25, -0.2) is 4.39 Å². The molecule has 1 N–H and O–H groups in total. The Morgan fingerprint density at radius 3 is 2.66 bits per heavy atom. The molecule has 0 saturated carbocycles. The summed E-state index contributed by atoms with van der Waals surface area (Å²) in [5.41, 5.74) is 1.82. The van der Waals surface area contributed by atoms with Crippen LogP contribution in [0.1, 0.15) is 49.6 Å². The minimum atomic E-state index is -0.543. The molecule has 2 amide bonds. The maximum Gasteiger partial charge on any atom is 0.286 e. The number of aryl methyl sites for hydroxylation is 1. The molecule has 1 atom stereocenters. The summed E-state index contributed by atoms with van der Waals surface area (Å²) < 4.78 is 14.0. The molecule has 8 heteroatoms. The number of rotatable bonds is 4. The standard InChI is InChI=1S/C21H19FN4O2S/c1-13-8-10-14(11-9-13)23-18(27)20-25-24-19(29-20)17-7-4-12-26(17)21(28)15-5-2-3-6-16(15)22/h2-3,5-6,8-11,17H,4,7,12H2,1H3,(H,23,27). The van der Waals surface area contributed by atoms with Crippen LogP contribution in [0.5, 0.6) is 0 Å². The molecule has 1 aliphatic rings. The number of carbonyl (C=O) groups excluding carboxylic acids is 2. The molecule has 2 heterocycles. The van der Waals surface area contributed by atoms with E-state index in [9.17, 15) is 14.0 Å². The number of carbonyl (C=O) groups is 2. The Morgan fingerprint density at radius 2 is 1.90 bits per heavy atom. The fraction of sp³-hybridized carbons (Fsp3) is 0.238. The van der Waals surface area contributed by atoms with Crippen molar-refractivity contribution >= 4 is 28.8 Å². The minimum Gasteiger partial charge on any atom is -0.329 e. The molecule has 3 aromatic rings. The van der Waals surface area contributed by atoms with Crippen molar-refractivity contribution in [3.63, 3.8) is 0 Å². The first-order valence-corrected chi connectivity index (χ1v) is 10.1. The predicted molar refractivity (Wildman–Crippen MR) is 108 cm³/mol. The van der Waals surface area contributed by atoms with Crippen molar-refractivity contribution in [1.29, 1.82) is 0 Å². The van der Waals surface area contributed by atoms with Gasteiger partial charge in [-0.1, -0.05) is 41.2 Å². The van der Waals surface area contributed by atoms with Crippen molar-refractivity contribution < 1.29 is 14.0 Å². The average molecular weight is 410 g/mol. The molecule has 148 valence electrons. The number of aromatic nitrogens is 2. The van der Waals surface area contributed by atoms with Crippen LogP contribution in [-0.4, -0.2) is 33.5 Å². The third kappa shape index (κ3) is 4.02. The number of likely N-dealkylation sites (tertiary alicyclic amines) is 1. The Bertz CT molecular complexity index is 1050. The second kappa shape index (κ2) is 8.08. The number of amides is 2. The average Bonchev–Trinajstić information content (AvgIpc) is 3.39. The summed E-state index contributed by atoms with van der Waals surface area (Å²) in [5, 5.41) is 11.8. The van der Waals surface area contributed by atoms with E-state index in [4.69, 9.17) is 0 Å². The molecule has 6 nitrogen and oxygen atoms in total. The molecule has 2 aromatic carbocycles. The smallest absolute Gasteiger partial charge is 0.286 e. The van der Waals surface area contributed by atoms with Gasteiger partial charge < -0.3 is 10.2 Å². The number of hydrogen-bond acceptors (Lipinski definition) is 5. The van der Waals surface area contributed by atoms with Gasteiger partial charge in [0, 0.05) is 12.2 Å². The van der Waals surface area contributed by atoms with E-state index in [1.807, 2.05) is 31.2 Å². The van der Waals surface area contributed by atoms with Gasteiger partial charge in [0.05, 0.1) is 11.6 Å². The molecular formula is C21H19FN4O2S. The van der Waals surface area contributed by atoms with Gasteiger partial charge in [0.2, 0.25) is 5.01 Å². The van der Waals surface area contributed by atoms with Gasteiger partial charge in [0.15, 0.2) is 0 Å². The van der Waals surface area contributed by atoms with Gasteiger partial charge in [-0.05, 0) is 44.0 Å². The summed E-state index contributed by atoms with van der Waals surface area (Å²) in [5.74, 6) is -1.26. The lowest BCUT2D eigenvalue weighted by atomic mass is 10.1. The first-order valence-electron chi connectivity index (χ1n) is 9.30. The van der Waals surface area contributed by atoms with E-state index in [-0.39, 0.29) is 28.4 Å². The maximum atomic E-state index is 14.0. The number of halogens is 1. The Hall–Kier alpha value is -3.13. The Labute approximate surface area is 171 Å². The SMILES string of the molecule is Cc1ccc(NC(=O)c2nnc(C3CCCN3C(=O)c3ccccc3F)s2)cc1. The third-order valence-electron chi connectivity index (χ3n) is 4.85. The molecule has 1 saturated heterocycles. The fourth-order valence-corrected chi connectivity index (χ4v) is 4.22. The Kier molecular flexibility index (Phi) is 5.35. The summed E-state index contributed by atoms with van der Waals surface area (Å²) in [6.45, 7) is 2.49. The van der Waals surface area contributed by atoms with Crippen molar-refractivity contribution in [3.8, 4) is 0 Å². The topological polar surface area (TPSA) is 75.2 Å². The van der Waals surface area contributed by atoms with Crippen LogP contribution in [0.3, 0.4) is 0 Å². The van der Waals surface area contributed by atoms with Gasteiger partial charge in [-0.2, -0.15) is 0 Å². The molecule has 1 unspecified atom stereocenters. The van der Waals surface area contributed by atoms with Gasteiger partial charge in [0.25, 0.3) is 11.8 Å². The number of nitrogens with one attached hydrogen (secondary N) is 1. The zero-order valence-corrected chi connectivity index (χ0v) is 16.6. The molecular weight excluding hydrogens is 391 g/mol. The highest BCUT2D eigenvalue weighted by Gasteiger charge is 2.34.